The van der Waals surface area contributed by atoms with Gasteiger partial charge in [0.15, 0.2) is 0 Å². The number of fused-ring (bicyclic) bond motifs is 1. The van der Waals surface area contributed by atoms with E-state index in [1.165, 1.54) is 58.3 Å². The second-order valence-corrected chi connectivity index (χ2v) is 6.86. The van der Waals surface area contributed by atoms with Crippen LogP contribution in [0.1, 0.15) is 32.1 Å². The van der Waals surface area contributed by atoms with Crippen molar-refractivity contribution in [1.82, 2.24) is 9.80 Å². The van der Waals surface area contributed by atoms with Gasteiger partial charge in [0, 0.05) is 32.3 Å². The van der Waals surface area contributed by atoms with Gasteiger partial charge in [0.25, 0.3) is 0 Å². The van der Waals surface area contributed by atoms with Gasteiger partial charge in [0.05, 0.1) is 13.2 Å². The molecule has 3 atom stereocenters. The molecule has 4 heteroatoms. The first-order valence-corrected chi connectivity index (χ1v) is 8.27. The van der Waals surface area contributed by atoms with E-state index < -0.39 is 0 Å². The molecule has 0 N–H and O–H groups in total. The number of rotatable bonds is 6. The smallest absolute Gasteiger partial charge is 0.0649 e. The Hall–Kier alpha value is -0.160. The Kier molecular flexibility index (Phi) is 4.65. The van der Waals surface area contributed by atoms with Crippen molar-refractivity contribution >= 4 is 0 Å². The lowest BCUT2D eigenvalue weighted by Crippen LogP contribution is -2.51. The first-order valence-electron chi connectivity index (χ1n) is 8.27. The Morgan fingerprint density at radius 1 is 1.05 bits per heavy atom. The van der Waals surface area contributed by atoms with Crippen molar-refractivity contribution in [2.45, 2.75) is 43.7 Å². The maximum Gasteiger partial charge on any atom is 0.0649 e. The maximum absolute atomic E-state index is 5.61. The largest absolute Gasteiger partial charge is 0.383 e. The Morgan fingerprint density at radius 3 is 2.75 bits per heavy atom. The van der Waals surface area contributed by atoms with Crippen LogP contribution in [0.2, 0.25) is 0 Å². The van der Waals surface area contributed by atoms with E-state index in [0.717, 1.165) is 19.1 Å². The average Bonchev–Trinajstić information content (AvgIpc) is 3.09. The van der Waals surface area contributed by atoms with E-state index in [9.17, 15) is 0 Å². The standard InChI is InChI=1S/C16H30N2O2/c1-19-12-15-5-3-8-17(15)11-14-6-10-18-9-4-7-16(14,18)13-20-2/h14-15H,3-13H2,1-2H3. The van der Waals surface area contributed by atoms with Crippen LogP contribution < -0.4 is 0 Å². The molecule has 0 aromatic heterocycles. The zero-order valence-electron chi connectivity index (χ0n) is 13.1. The predicted molar refractivity (Wildman–Crippen MR) is 80.0 cm³/mol. The highest BCUT2D eigenvalue weighted by Crippen LogP contribution is 2.44. The quantitative estimate of drug-likeness (QED) is 0.739. The van der Waals surface area contributed by atoms with Crippen molar-refractivity contribution in [2.75, 3.05) is 53.6 Å². The van der Waals surface area contributed by atoms with Gasteiger partial charge < -0.3 is 9.47 Å². The lowest BCUT2D eigenvalue weighted by molar-refractivity contribution is 0.0211. The monoisotopic (exact) mass is 282 g/mol. The van der Waals surface area contributed by atoms with E-state index >= 15 is 0 Å². The van der Waals surface area contributed by atoms with Crippen LogP contribution in [-0.4, -0.2) is 75.0 Å². The van der Waals surface area contributed by atoms with Crippen LogP contribution in [0.25, 0.3) is 0 Å². The van der Waals surface area contributed by atoms with Gasteiger partial charge in [-0.15, -0.1) is 0 Å². The molecule has 3 rings (SSSR count). The fourth-order valence-electron chi connectivity index (χ4n) is 4.93. The van der Waals surface area contributed by atoms with Gasteiger partial charge in [-0.1, -0.05) is 0 Å². The van der Waals surface area contributed by atoms with E-state index in [0.29, 0.717) is 11.6 Å². The van der Waals surface area contributed by atoms with Crippen molar-refractivity contribution in [3.63, 3.8) is 0 Å². The van der Waals surface area contributed by atoms with E-state index in [1.54, 1.807) is 0 Å². The second-order valence-electron chi connectivity index (χ2n) is 6.86. The highest BCUT2D eigenvalue weighted by molar-refractivity contribution is 5.06. The highest BCUT2D eigenvalue weighted by atomic mass is 16.5. The van der Waals surface area contributed by atoms with Crippen molar-refractivity contribution in [3.8, 4) is 0 Å². The molecule has 20 heavy (non-hydrogen) atoms. The number of ether oxygens (including phenoxy) is 2. The Balaban J connectivity index is 1.67. The molecule has 3 fully saturated rings. The second kappa shape index (κ2) is 6.30. The molecule has 4 nitrogen and oxygen atoms in total. The third-order valence-corrected chi connectivity index (χ3v) is 5.88. The van der Waals surface area contributed by atoms with E-state index in [-0.39, 0.29) is 0 Å². The van der Waals surface area contributed by atoms with Crippen LogP contribution in [0.15, 0.2) is 0 Å². The van der Waals surface area contributed by atoms with Gasteiger partial charge in [-0.25, -0.2) is 0 Å². The molecule has 3 aliphatic heterocycles. The zero-order valence-corrected chi connectivity index (χ0v) is 13.1. The molecule has 0 saturated carbocycles. The van der Waals surface area contributed by atoms with Gasteiger partial charge in [0.1, 0.15) is 0 Å². The number of likely N-dealkylation sites (tertiary alicyclic amines) is 1. The summed E-state index contributed by atoms with van der Waals surface area (Å²) in [6.07, 6.45) is 6.67. The molecule has 3 heterocycles. The summed E-state index contributed by atoms with van der Waals surface area (Å²) >= 11 is 0. The van der Waals surface area contributed by atoms with E-state index in [2.05, 4.69) is 9.80 Å². The topological polar surface area (TPSA) is 24.9 Å². The molecule has 3 saturated heterocycles. The number of nitrogens with zero attached hydrogens (tertiary/aromatic N) is 2. The average molecular weight is 282 g/mol. The van der Waals surface area contributed by atoms with Gasteiger partial charge in [-0.3, -0.25) is 9.80 Å². The Morgan fingerprint density at radius 2 is 1.95 bits per heavy atom. The molecule has 0 aliphatic carbocycles. The summed E-state index contributed by atoms with van der Waals surface area (Å²) in [7, 11) is 3.70. The molecule has 0 spiro atoms. The van der Waals surface area contributed by atoms with Crippen LogP contribution in [0.3, 0.4) is 0 Å². The van der Waals surface area contributed by atoms with Crippen molar-refractivity contribution in [3.05, 3.63) is 0 Å². The molecule has 0 aromatic carbocycles. The van der Waals surface area contributed by atoms with Crippen LogP contribution in [0.5, 0.6) is 0 Å². The third-order valence-electron chi connectivity index (χ3n) is 5.88. The number of methoxy groups -OCH3 is 2. The Bertz CT molecular complexity index is 326. The van der Waals surface area contributed by atoms with Crippen LogP contribution >= 0.6 is 0 Å². The minimum Gasteiger partial charge on any atom is -0.383 e. The van der Waals surface area contributed by atoms with Crippen LogP contribution in [0, 0.1) is 5.92 Å². The van der Waals surface area contributed by atoms with Gasteiger partial charge in [0.2, 0.25) is 0 Å². The van der Waals surface area contributed by atoms with Crippen LogP contribution in [-0.2, 0) is 9.47 Å². The van der Waals surface area contributed by atoms with Crippen molar-refractivity contribution < 1.29 is 9.47 Å². The van der Waals surface area contributed by atoms with E-state index in [1.807, 2.05) is 14.2 Å². The number of hydrogen-bond donors (Lipinski definition) is 0. The molecule has 116 valence electrons. The van der Waals surface area contributed by atoms with Gasteiger partial charge >= 0.3 is 0 Å². The van der Waals surface area contributed by atoms with Crippen molar-refractivity contribution in [1.29, 1.82) is 0 Å². The molecule has 0 bridgehead atoms. The summed E-state index contributed by atoms with van der Waals surface area (Å²) in [6, 6.07) is 0.648. The van der Waals surface area contributed by atoms with Gasteiger partial charge in [-0.05, 0) is 57.7 Å². The van der Waals surface area contributed by atoms with E-state index in [4.69, 9.17) is 9.47 Å². The highest BCUT2D eigenvalue weighted by Gasteiger charge is 2.51. The molecular formula is C16H30N2O2. The first-order chi connectivity index (χ1) is 9.80. The third kappa shape index (κ3) is 2.52. The first kappa shape index (κ1) is 14.8. The predicted octanol–water partition coefficient (Wildman–Crippen LogP) is 1.60. The molecule has 0 aromatic rings. The molecular weight excluding hydrogens is 252 g/mol. The number of hydrogen-bond acceptors (Lipinski definition) is 4. The van der Waals surface area contributed by atoms with Crippen molar-refractivity contribution in [2.24, 2.45) is 5.92 Å². The molecule has 3 aliphatic rings. The fourth-order valence-corrected chi connectivity index (χ4v) is 4.93. The molecule has 3 unspecified atom stereocenters. The Labute approximate surface area is 123 Å². The summed E-state index contributed by atoms with van der Waals surface area (Å²) in [5, 5.41) is 0. The minimum absolute atomic E-state index is 0.342. The maximum atomic E-state index is 5.61. The summed E-state index contributed by atoms with van der Waals surface area (Å²) in [4.78, 5) is 5.40. The SMILES string of the molecule is COCC1CCCN1CC1CCN2CCCC12COC. The summed E-state index contributed by atoms with van der Waals surface area (Å²) in [6.45, 7) is 6.87. The lowest BCUT2D eigenvalue weighted by atomic mass is 9.83. The zero-order chi connectivity index (χ0) is 14.0. The van der Waals surface area contributed by atoms with Gasteiger partial charge in [-0.2, -0.15) is 0 Å². The normalized spacial score (nSPS) is 38.7. The lowest BCUT2D eigenvalue weighted by Gasteiger charge is -2.39. The molecule has 0 amide bonds. The summed E-state index contributed by atoms with van der Waals surface area (Å²) in [5.74, 6) is 0.780. The van der Waals surface area contributed by atoms with Crippen LogP contribution in [0.4, 0.5) is 0 Å². The fraction of sp³-hybridized carbons (Fsp3) is 1.00. The molecule has 0 radical (unpaired) electrons. The summed E-state index contributed by atoms with van der Waals surface area (Å²) in [5.41, 5.74) is 0.342. The summed E-state index contributed by atoms with van der Waals surface area (Å²) < 4.78 is 11.0. The minimum atomic E-state index is 0.342.